The molecule has 0 bridgehead atoms. The Morgan fingerprint density at radius 3 is 2.42 bits per heavy atom. The quantitative estimate of drug-likeness (QED) is 0.401. The first-order chi connectivity index (χ1) is 14.8. The van der Waals surface area contributed by atoms with E-state index in [1.807, 2.05) is 13.8 Å². The highest BCUT2D eigenvalue weighted by molar-refractivity contribution is 9.09. The summed E-state index contributed by atoms with van der Waals surface area (Å²) in [5.74, 6) is -1.13. The summed E-state index contributed by atoms with van der Waals surface area (Å²) in [5.41, 5.74) is 1.69. The average Bonchev–Trinajstić information content (AvgIpc) is 3.23. The highest BCUT2D eigenvalue weighted by Gasteiger charge is 2.51. The topological polar surface area (TPSA) is 74.1 Å². The summed E-state index contributed by atoms with van der Waals surface area (Å²) < 4.78 is 21.1. The van der Waals surface area contributed by atoms with Crippen LogP contribution in [0.4, 0.5) is 4.39 Å². The van der Waals surface area contributed by atoms with Gasteiger partial charge in [0.1, 0.15) is 28.9 Å². The maximum atomic E-state index is 13.3. The Balaban J connectivity index is 1.68. The zero-order valence-electron chi connectivity index (χ0n) is 16.7. The zero-order valence-corrected chi connectivity index (χ0v) is 18.3. The fourth-order valence-corrected chi connectivity index (χ4v) is 4.63. The number of hydrogen-bond acceptors (Lipinski definition) is 5. The van der Waals surface area contributed by atoms with E-state index in [2.05, 4.69) is 26.2 Å². The lowest BCUT2D eigenvalue weighted by Gasteiger charge is -2.44. The van der Waals surface area contributed by atoms with E-state index in [0.717, 1.165) is 0 Å². The second-order valence-corrected chi connectivity index (χ2v) is 9.08. The fraction of sp³-hybridized carbons (Fsp3) is 0.217. The largest absolute Gasteiger partial charge is 0.485 e. The maximum Gasteiger partial charge on any atom is 0.235 e. The van der Waals surface area contributed by atoms with Crippen LogP contribution in [0.3, 0.4) is 0 Å². The van der Waals surface area contributed by atoms with Crippen LogP contribution < -0.4 is 0 Å². The Morgan fingerprint density at radius 1 is 1.03 bits per heavy atom. The van der Waals surface area contributed by atoms with Crippen molar-refractivity contribution in [2.75, 3.05) is 0 Å². The second kappa shape index (κ2) is 6.95. The predicted molar refractivity (Wildman–Crippen MR) is 115 cm³/mol. The van der Waals surface area contributed by atoms with Crippen molar-refractivity contribution >= 4 is 33.3 Å². The van der Waals surface area contributed by atoms with Crippen LogP contribution in [0.25, 0.3) is 17.0 Å². The lowest BCUT2D eigenvalue weighted by Crippen LogP contribution is -2.48. The summed E-state index contributed by atoms with van der Waals surface area (Å²) in [6, 6.07) is 12.2. The summed E-state index contributed by atoms with van der Waals surface area (Å²) in [6.45, 7) is 3.81. The third-order valence-corrected chi connectivity index (χ3v) is 7.25. The lowest BCUT2D eigenvalue weighted by molar-refractivity contribution is -0.113. The van der Waals surface area contributed by atoms with Gasteiger partial charge in [0.15, 0.2) is 0 Å². The molecule has 5 rings (SSSR count). The molecule has 2 aliphatic rings. The van der Waals surface area contributed by atoms with Gasteiger partial charge in [-0.2, -0.15) is 0 Å². The number of carbonyl (C=O) groups excluding carboxylic acids is 2. The second-order valence-electron chi connectivity index (χ2n) is 8.09. The van der Waals surface area contributed by atoms with E-state index in [-0.39, 0.29) is 16.2 Å². The Labute approximate surface area is 185 Å². The summed E-state index contributed by atoms with van der Waals surface area (Å²) >= 11 is 3.68. The number of hydrogen-bond donors (Lipinski definition) is 0. The van der Waals surface area contributed by atoms with Gasteiger partial charge in [0.05, 0.1) is 16.6 Å². The van der Waals surface area contributed by atoms with E-state index in [1.165, 1.54) is 12.1 Å². The standard InChI is InChI=1S/C23H17BrFN3O3/c1-23(2)22(24)18(28-11-16(26-27-28)12-7-9-13(25)10-8-12)17-20(30)19(29)14-5-3-4-6-15(14)21(17)31-23/h3-11,18,22H,1-2H3/t18-,22+/m0/s1. The lowest BCUT2D eigenvalue weighted by atomic mass is 9.79. The van der Waals surface area contributed by atoms with Crippen LogP contribution in [0.5, 0.6) is 0 Å². The first kappa shape index (κ1) is 19.8. The molecule has 2 aromatic carbocycles. The maximum absolute atomic E-state index is 13.3. The van der Waals surface area contributed by atoms with Crippen molar-refractivity contribution in [1.82, 2.24) is 15.0 Å². The van der Waals surface area contributed by atoms with Crippen LogP contribution in [0.2, 0.25) is 0 Å². The molecule has 1 aromatic heterocycles. The minimum atomic E-state index is -0.709. The SMILES string of the molecule is CC1(C)OC2=C(C(=O)C(=O)c3ccccc32)[C@H](n2cc(-c3ccc(F)cc3)nn2)[C@H]1Br. The van der Waals surface area contributed by atoms with Crippen LogP contribution in [0.15, 0.2) is 60.3 Å². The third-order valence-electron chi connectivity index (χ3n) is 5.65. The van der Waals surface area contributed by atoms with Gasteiger partial charge >= 0.3 is 0 Å². The number of aromatic nitrogens is 3. The highest BCUT2D eigenvalue weighted by Crippen LogP contribution is 2.48. The number of carbonyl (C=O) groups is 2. The molecule has 3 aromatic rings. The molecule has 2 atom stereocenters. The monoisotopic (exact) mass is 481 g/mol. The number of rotatable bonds is 2. The molecule has 1 aliphatic carbocycles. The van der Waals surface area contributed by atoms with Crippen LogP contribution >= 0.6 is 15.9 Å². The molecular formula is C23H17BrFN3O3. The van der Waals surface area contributed by atoms with E-state index in [4.69, 9.17) is 4.74 Å². The molecule has 0 saturated heterocycles. The summed E-state index contributed by atoms with van der Waals surface area (Å²) in [7, 11) is 0. The predicted octanol–water partition coefficient (Wildman–Crippen LogP) is 4.37. The van der Waals surface area contributed by atoms with Gasteiger partial charge in [-0.3, -0.25) is 9.59 Å². The van der Waals surface area contributed by atoms with Crippen molar-refractivity contribution in [2.45, 2.75) is 30.3 Å². The number of ether oxygens (including phenoxy) is 1. The molecule has 2 heterocycles. The Morgan fingerprint density at radius 2 is 1.71 bits per heavy atom. The zero-order chi connectivity index (χ0) is 21.9. The van der Waals surface area contributed by atoms with Crippen LogP contribution in [-0.2, 0) is 9.53 Å². The molecule has 8 heteroatoms. The van der Waals surface area contributed by atoms with Gasteiger partial charge in [-0.05, 0) is 38.1 Å². The van der Waals surface area contributed by atoms with Gasteiger partial charge in [0.25, 0.3) is 0 Å². The average molecular weight is 482 g/mol. The molecular weight excluding hydrogens is 465 g/mol. The van der Waals surface area contributed by atoms with Crippen molar-refractivity contribution in [3.8, 4) is 11.3 Å². The van der Waals surface area contributed by atoms with E-state index in [0.29, 0.717) is 28.1 Å². The number of nitrogens with zero attached hydrogens (tertiary/aromatic N) is 3. The van der Waals surface area contributed by atoms with Crippen LogP contribution in [0.1, 0.15) is 35.8 Å². The number of benzene rings is 2. The van der Waals surface area contributed by atoms with Gasteiger partial charge in [0.2, 0.25) is 11.6 Å². The molecule has 156 valence electrons. The summed E-state index contributed by atoms with van der Waals surface area (Å²) in [6.07, 6.45) is 1.69. The number of allylic oxidation sites excluding steroid dienone is 1. The number of alkyl halides is 1. The Kier molecular flexibility index (Phi) is 4.44. The van der Waals surface area contributed by atoms with E-state index >= 15 is 0 Å². The highest BCUT2D eigenvalue weighted by atomic mass is 79.9. The van der Waals surface area contributed by atoms with Gasteiger partial charge in [-0.25, -0.2) is 9.07 Å². The van der Waals surface area contributed by atoms with Crippen molar-refractivity contribution < 1.29 is 18.7 Å². The molecule has 1 aliphatic heterocycles. The smallest absolute Gasteiger partial charge is 0.235 e. The van der Waals surface area contributed by atoms with E-state index in [9.17, 15) is 14.0 Å². The molecule has 0 unspecified atom stereocenters. The minimum Gasteiger partial charge on any atom is -0.485 e. The van der Waals surface area contributed by atoms with Gasteiger partial charge in [-0.1, -0.05) is 45.4 Å². The van der Waals surface area contributed by atoms with Crippen LogP contribution in [-0.4, -0.2) is 37.0 Å². The van der Waals surface area contributed by atoms with Crippen molar-refractivity contribution in [3.63, 3.8) is 0 Å². The fourth-order valence-electron chi connectivity index (χ4n) is 4.03. The summed E-state index contributed by atoms with van der Waals surface area (Å²) in [5, 5.41) is 8.46. The Bertz CT molecular complexity index is 1260. The minimum absolute atomic E-state index is 0.250. The number of fused-ring (bicyclic) bond motifs is 2. The van der Waals surface area contributed by atoms with Crippen molar-refractivity contribution in [1.29, 1.82) is 0 Å². The molecule has 0 fully saturated rings. The van der Waals surface area contributed by atoms with Gasteiger partial charge < -0.3 is 4.74 Å². The molecule has 6 nitrogen and oxygen atoms in total. The first-order valence-corrected chi connectivity index (χ1v) is 10.6. The molecule has 0 amide bonds. The first-order valence-electron chi connectivity index (χ1n) is 9.71. The third kappa shape index (κ3) is 3.05. The molecule has 0 N–H and O–H groups in total. The van der Waals surface area contributed by atoms with Crippen molar-refractivity contribution in [2.24, 2.45) is 0 Å². The number of ketones is 2. The van der Waals surface area contributed by atoms with Gasteiger partial charge in [-0.15, -0.1) is 5.10 Å². The normalized spacial score (nSPS) is 22.1. The van der Waals surface area contributed by atoms with E-state index < -0.39 is 23.2 Å². The van der Waals surface area contributed by atoms with E-state index in [1.54, 1.807) is 47.3 Å². The molecule has 0 spiro atoms. The van der Waals surface area contributed by atoms with Gasteiger partial charge in [0, 0.05) is 16.7 Å². The molecule has 0 radical (unpaired) electrons. The number of Topliss-reactive ketones (excluding diaryl/α,β-unsaturated/α-hetero) is 2. The number of halogens is 2. The molecule has 0 saturated carbocycles. The molecule has 31 heavy (non-hydrogen) atoms. The van der Waals surface area contributed by atoms with Crippen molar-refractivity contribution in [3.05, 3.63) is 77.2 Å². The van der Waals surface area contributed by atoms with Crippen LogP contribution in [0, 0.1) is 5.82 Å². The Hall–Kier alpha value is -3.13. The summed E-state index contributed by atoms with van der Waals surface area (Å²) in [4.78, 5) is 25.6.